The Labute approximate surface area is 85.2 Å². The smallest absolute Gasteiger partial charge is 0.756 e. The number of nitrogens with zero attached hydrogens (tertiary/aromatic N) is 1. The van der Waals surface area contributed by atoms with Crippen LogP contribution in [0, 0.1) is 0 Å². The largest absolute Gasteiger partial charge is 1.00 e. The summed E-state index contributed by atoms with van der Waals surface area (Å²) in [6.07, 6.45) is 5.08. The molecule has 0 aliphatic rings. The van der Waals surface area contributed by atoms with Gasteiger partial charge in [-0.3, -0.25) is 4.57 Å². The second-order valence-corrected chi connectivity index (χ2v) is 2.23. The number of hydrogen-bond donors (Lipinski definition) is 3. The number of hydrogen-bond acceptors (Lipinski definition) is 3. The number of H-pyrrole nitrogens is 1. The normalized spacial score (nSPS) is 9.00. The van der Waals surface area contributed by atoms with E-state index in [1.165, 1.54) is 0 Å². The maximum Gasteiger partial charge on any atom is 1.00 e. The molecule has 0 atom stereocenters. The molecule has 0 saturated carbocycles. The van der Waals surface area contributed by atoms with Gasteiger partial charge in [-0.25, -0.2) is 4.98 Å². The van der Waals surface area contributed by atoms with Gasteiger partial charge < -0.3 is 19.7 Å². The summed E-state index contributed by atoms with van der Waals surface area (Å²) in [5.74, 6) is 0. The molecule has 0 unspecified atom stereocenters. The van der Waals surface area contributed by atoms with Crippen molar-refractivity contribution in [1.82, 2.24) is 9.97 Å². The first kappa shape index (κ1) is 13.9. The van der Waals surface area contributed by atoms with Crippen molar-refractivity contribution < 1.29 is 48.8 Å². The molecule has 58 valence electrons. The van der Waals surface area contributed by atoms with E-state index >= 15 is 0 Å². The number of phosphoric acid groups is 1. The summed E-state index contributed by atoms with van der Waals surface area (Å²) in [5.41, 5.74) is 0. The van der Waals surface area contributed by atoms with Crippen LogP contribution in [0.2, 0.25) is 0 Å². The molecule has 0 bridgehead atoms. The van der Waals surface area contributed by atoms with Crippen LogP contribution in [0.15, 0.2) is 18.7 Å². The van der Waals surface area contributed by atoms with Gasteiger partial charge >= 0.3 is 29.6 Å². The summed E-state index contributed by atoms with van der Waals surface area (Å²) in [4.78, 5) is 29.3. The van der Waals surface area contributed by atoms with Crippen LogP contribution < -0.4 is 34.5 Å². The number of imidazole rings is 1. The van der Waals surface area contributed by atoms with E-state index in [-0.39, 0.29) is 29.6 Å². The quantitative estimate of drug-likeness (QED) is 0.283. The van der Waals surface area contributed by atoms with E-state index in [4.69, 9.17) is 19.2 Å². The predicted octanol–water partition coefficient (Wildman–Crippen LogP) is -4.15. The van der Waals surface area contributed by atoms with E-state index in [1.807, 2.05) is 0 Å². The summed E-state index contributed by atoms with van der Waals surface area (Å²) in [6.45, 7) is 0. The summed E-state index contributed by atoms with van der Waals surface area (Å²) in [6, 6.07) is 0. The van der Waals surface area contributed by atoms with Gasteiger partial charge in [0.25, 0.3) is 7.82 Å². The van der Waals surface area contributed by atoms with Crippen LogP contribution >= 0.6 is 7.82 Å². The van der Waals surface area contributed by atoms with Crippen molar-refractivity contribution in [1.29, 1.82) is 0 Å². The molecule has 1 rings (SSSR count). The molecule has 8 heteroatoms. The molecule has 11 heavy (non-hydrogen) atoms. The molecule has 3 N–H and O–H groups in total. The van der Waals surface area contributed by atoms with E-state index in [1.54, 1.807) is 18.7 Å². The molecule has 1 heterocycles. The first-order chi connectivity index (χ1) is 4.50. The summed E-state index contributed by atoms with van der Waals surface area (Å²) in [7, 11) is -4.89. The van der Waals surface area contributed by atoms with Crippen molar-refractivity contribution in [3.8, 4) is 0 Å². The SMILES string of the molecule is O=P([O-])(O)O.[Na+].c1c[nH]cn1. The van der Waals surface area contributed by atoms with E-state index in [0.29, 0.717) is 0 Å². The molecule has 1 aromatic rings. The maximum absolute atomic E-state index is 8.77. The Morgan fingerprint density at radius 3 is 2.09 bits per heavy atom. The minimum atomic E-state index is -4.89. The topological polar surface area (TPSA) is 109 Å². The third-order valence-corrected chi connectivity index (χ3v) is 0.406. The number of aromatic nitrogens is 2. The standard InChI is InChI=1S/C3H4N2.Na.H3O4P/c1-2-5-3-4-1;;1-5(2,3)4/h1-3H,(H,4,5);;(H3,1,2,3,4)/q;+1;/p-1. The fourth-order valence-electron chi connectivity index (χ4n) is 0.215. The third kappa shape index (κ3) is 25.2. The monoisotopic (exact) mass is 188 g/mol. The van der Waals surface area contributed by atoms with Gasteiger partial charge in [-0.15, -0.1) is 0 Å². The van der Waals surface area contributed by atoms with Gasteiger partial charge in [0.1, 0.15) is 0 Å². The first-order valence-corrected chi connectivity index (χ1v) is 3.72. The van der Waals surface area contributed by atoms with Gasteiger partial charge in [0, 0.05) is 12.4 Å². The van der Waals surface area contributed by atoms with Crippen molar-refractivity contribution in [2.75, 3.05) is 0 Å². The van der Waals surface area contributed by atoms with Gasteiger partial charge in [-0.05, 0) is 0 Å². The van der Waals surface area contributed by atoms with Crippen molar-refractivity contribution in [3.05, 3.63) is 18.7 Å². The number of aromatic amines is 1. The number of nitrogens with one attached hydrogen (secondary N) is 1. The Hall–Kier alpha value is 0.320. The van der Waals surface area contributed by atoms with Crippen LogP contribution in [0.25, 0.3) is 0 Å². The van der Waals surface area contributed by atoms with Crippen LogP contribution in [0.1, 0.15) is 0 Å². The molecule has 1 aromatic heterocycles. The van der Waals surface area contributed by atoms with Gasteiger partial charge in [0.05, 0.1) is 6.33 Å². The van der Waals surface area contributed by atoms with Gasteiger partial charge in [0.15, 0.2) is 0 Å². The Morgan fingerprint density at radius 2 is 2.00 bits per heavy atom. The van der Waals surface area contributed by atoms with Crippen LogP contribution in [0.4, 0.5) is 0 Å². The molecule has 0 aliphatic carbocycles. The Morgan fingerprint density at radius 1 is 1.55 bits per heavy atom. The van der Waals surface area contributed by atoms with Gasteiger partial charge in [0.2, 0.25) is 0 Å². The second-order valence-electron chi connectivity index (χ2n) is 1.25. The predicted molar refractivity (Wildman–Crippen MR) is 30.6 cm³/mol. The molecule has 0 amide bonds. The molecule has 6 nitrogen and oxygen atoms in total. The van der Waals surface area contributed by atoms with E-state index in [0.717, 1.165) is 0 Å². The average Bonchev–Trinajstić information content (AvgIpc) is 2.07. The Balaban J connectivity index is 0. The first-order valence-electron chi connectivity index (χ1n) is 2.19. The van der Waals surface area contributed by atoms with Crippen molar-refractivity contribution >= 4 is 7.82 Å². The van der Waals surface area contributed by atoms with Crippen LogP contribution in [0.3, 0.4) is 0 Å². The van der Waals surface area contributed by atoms with Crippen LogP contribution in [-0.2, 0) is 4.57 Å². The molecule has 0 saturated heterocycles. The zero-order chi connectivity index (χ0) is 8.04. The van der Waals surface area contributed by atoms with Gasteiger partial charge in [-0.2, -0.15) is 0 Å². The van der Waals surface area contributed by atoms with Gasteiger partial charge in [-0.1, -0.05) is 0 Å². The molecule has 0 spiro atoms. The van der Waals surface area contributed by atoms with Crippen molar-refractivity contribution in [2.24, 2.45) is 0 Å². The molecular weight excluding hydrogens is 182 g/mol. The molecule has 0 radical (unpaired) electrons. The zero-order valence-electron chi connectivity index (χ0n) is 5.84. The van der Waals surface area contributed by atoms with Crippen molar-refractivity contribution in [3.63, 3.8) is 0 Å². The molecule has 0 aromatic carbocycles. The van der Waals surface area contributed by atoms with Crippen molar-refractivity contribution in [2.45, 2.75) is 0 Å². The summed E-state index contributed by atoms with van der Waals surface area (Å²) in [5, 5.41) is 0. The number of rotatable bonds is 0. The molecule has 0 fully saturated rings. The maximum atomic E-state index is 8.77. The summed E-state index contributed by atoms with van der Waals surface area (Å²) < 4.78 is 8.77. The fourth-order valence-corrected chi connectivity index (χ4v) is 0.215. The molecular formula is C3H6N2NaO4P. The summed E-state index contributed by atoms with van der Waals surface area (Å²) >= 11 is 0. The van der Waals surface area contributed by atoms with Crippen LogP contribution in [-0.4, -0.2) is 19.8 Å². The second kappa shape index (κ2) is 7.00. The molecule has 0 aliphatic heterocycles. The van der Waals surface area contributed by atoms with E-state index < -0.39 is 7.82 Å². The van der Waals surface area contributed by atoms with Crippen LogP contribution in [0.5, 0.6) is 0 Å². The fraction of sp³-hybridized carbons (Fsp3) is 0. The minimum Gasteiger partial charge on any atom is -0.756 e. The third-order valence-electron chi connectivity index (χ3n) is 0.406. The Kier molecular flexibility index (Phi) is 8.83. The average molecular weight is 188 g/mol. The minimum absolute atomic E-state index is 0. The van der Waals surface area contributed by atoms with E-state index in [9.17, 15) is 0 Å². The Bertz CT molecular complexity index is 172. The zero-order valence-corrected chi connectivity index (χ0v) is 8.73. The van der Waals surface area contributed by atoms with E-state index in [2.05, 4.69) is 9.97 Å².